The summed E-state index contributed by atoms with van der Waals surface area (Å²) >= 11 is 0. The van der Waals surface area contributed by atoms with E-state index >= 15 is 0 Å². The second-order valence-corrected chi connectivity index (χ2v) is 26.3. The summed E-state index contributed by atoms with van der Waals surface area (Å²) in [6.07, 6.45) is 95.5. The fraction of sp³-hybridized carbons (Fsp3) is 0.897. The summed E-state index contributed by atoms with van der Waals surface area (Å²) in [7, 11) is 0. The lowest BCUT2D eigenvalue weighted by Gasteiger charge is -2.20. The topological polar surface area (TPSA) is 95.9 Å². The first-order chi connectivity index (χ1) is 41.5. The molecule has 0 aliphatic heterocycles. The van der Waals surface area contributed by atoms with Crippen molar-refractivity contribution in [1.82, 2.24) is 5.32 Å². The van der Waals surface area contributed by atoms with E-state index in [9.17, 15) is 19.8 Å². The third kappa shape index (κ3) is 69.2. The Morgan fingerprint density at radius 2 is 0.560 bits per heavy atom. The van der Waals surface area contributed by atoms with E-state index in [1.807, 2.05) is 6.08 Å². The van der Waals surface area contributed by atoms with Gasteiger partial charge in [-0.25, -0.2) is 0 Å². The molecule has 0 radical (unpaired) electrons. The number of aliphatic hydroxyl groups is 2. The zero-order valence-corrected chi connectivity index (χ0v) is 56.9. The fourth-order valence-electron chi connectivity index (χ4n) is 12.0. The van der Waals surface area contributed by atoms with Gasteiger partial charge in [-0.3, -0.25) is 9.59 Å². The zero-order valence-electron chi connectivity index (χ0n) is 56.9. The van der Waals surface area contributed by atoms with Crippen molar-refractivity contribution in [2.45, 2.75) is 437 Å². The summed E-state index contributed by atoms with van der Waals surface area (Å²) in [6.45, 7) is 4.93. The van der Waals surface area contributed by atoms with Gasteiger partial charge < -0.3 is 20.3 Å². The number of allylic oxidation sites excluding steroid dienone is 5. The van der Waals surface area contributed by atoms with Gasteiger partial charge in [0.2, 0.25) is 5.91 Å². The lowest BCUT2D eigenvalue weighted by atomic mass is 10.0. The largest absolute Gasteiger partial charge is 0.466 e. The molecule has 0 aromatic carbocycles. The molecule has 84 heavy (non-hydrogen) atoms. The minimum Gasteiger partial charge on any atom is -0.466 e. The quantitative estimate of drug-likeness (QED) is 0.0320. The molecule has 0 aromatic heterocycles. The number of aliphatic hydroxyl groups excluding tert-OH is 2. The molecule has 0 spiro atoms. The number of carbonyl (C=O) groups is 2. The van der Waals surface area contributed by atoms with Crippen molar-refractivity contribution in [2.24, 2.45) is 0 Å². The number of amides is 1. The molecule has 6 heteroatoms. The monoisotopic (exact) mass is 1180 g/mol. The van der Waals surface area contributed by atoms with Gasteiger partial charge in [-0.2, -0.15) is 0 Å². The van der Waals surface area contributed by atoms with Crippen molar-refractivity contribution in [3.8, 4) is 0 Å². The second-order valence-electron chi connectivity index (χ2n) is 26.3. The average Bonchev–Trinajstić information content (AvgIpc) is 3.51. The van der Waals surface area contributed by atoms with E-state index in [0.717, 1.165) is 44.9 Å². The molecule has 1 amide bonds. The van der Waals surface area contributed by atoms with E-state index in [1.54, 1.807) is 6.08 Å². The Balaban J connectivity index is 3.34. The molecule has 0 saturated carbocycles. The van der Waals surface area contributed by atoms with Crippen LogP contribution in [-0.2, 0) is 14.3 Å². The number of esters is 1. The van der Waals surface area contributed by atoms with Gasteiger partial charge in [0.05, 0.1) is 25.4 Å². The highest BCUT2D eigenvalue weighted by molar-refractivity contribution is 5.76. The van der Waals surface area contributed by atoms with Gasteiger partial charge in [0.1, 0.15) is 0 Å². The van der Waals surface area contributed by atoms with E-state index in [4.69, 9.17) is 4.74 Å². The summed E-state index contributed by atoms with van der Waals surface area (Å²) in [5.74, 6) is -0.0479. The number of rotatable bonds is 72. The van der Waals surface area contributed by atoms with Gasteiger partial charge in [0.25, 0.3) is 0 Å². The minimum atomic E-state index is -0.842. The van der Waals surface area contributed by atoms with Crippen molar-refractivity contribution in [2.75, 3.05) is 13.2 Å². The Bertz CT molecular complexity index is 1360. The molecule has 0 heterocycles. The highest BCUT2D eigenvalue weighted by Crippen LogP contribution is 2.19. The van der Waals surface area contributed by atoms with Crippen LogP contribution in [-0.4, -0.2) is 47.4 Å². The maximum atomic E-state index is 12.5. The van der Waals surface area contributed by atoms with Crippen LogP contribution in [0.5, 0.6) is 0 Å². The minimum absolute atomic E-state index is 0.0131. The molecular weight excluding hydrogens is 1030 g/mol. The molecule has 0 aromatic rings. The number of nitrogens with one attached hydrogen (secondary N) is 1. The van der Waals surface area contributed by atoms with Crippen LogP contribution in [0.2, 0.25) is 0 Å². The Kier molecular flexibility index (Phi) is 71.9. The summed E-state index contributed by atoms with van der Waals surface area (Å²) in [5.41, 5.74) is 0. The number of ether oxygens (including phenoxy) is 1. The van der Waals surface area contributed by atoms with Crippen LogP contribution in [0.4, 0.5) is 0 Å². The second kappa shape index (κ2) is 73.5. The molecule has 6 nitrogen and oxygen atoms in total. The molecule has 2 atom stereocenters. The molecule has 2 unspecified atom stereocenters. The highest BCUT2D eigenvalue weighted by Gasteiger charge is 2.18. The zero-order chi connectivity index (χ0) is 60.6. The average molecular weight is 1180 g/mol. The Hall–Kier alpha value is -1.92. The molecule has 496 valence electrons. The van der Waals surface area contributed by atoms with E-state index in [2.05, 4.69) is 43.5 Å². The van der Waals surface area contributed by atoms with Crippen molar-refractivity contribution in [3.05, 3.63) is 36.5 Å². The van der Waals surface area contributed by atoms with Crippen LogP contribution in [0.1, 0.15) is 425 Å². The van der Waals surface area contributed by atoms with Gasteiger partial charge in [-0.15, -0.1) is 0 Å². The normalized spacial score (nSPS) is 12.7. The lowest BCUT2D eigenvalue weighted by Crippen LogP contribution is -2.45. The SMILES string of the molecule is CCCCCCC/C=C\CCCCCCCC(=O)OCCCCCCCCCCCCCCCCCC/C=C\CCCCCCCCCCCCCCCCCCCC(=O)NC(CO)C(O)/C=C/CCCCCCCCCCCCCCCC. The third-order valence-corrected chi connectivity index (χ3v) is 17.9. The summed E-state index contributed by atoms with van der Waals surface area (Å²) in [6, 6.07) is -0.625. The van der Waals surface area contributed by atoms with Crippen LogP contribution in [0, 0.1) is 0 Å². The summed E-state index contributed by atoms with van der Waals surface area (Å²) < 4.78 is 5.49. The van der Waals surface area contributed by atoms with Gasteiger partial charge >= 0.3 is 5.97 Å². The number of carbonyl (C=O) groups excluding carboxylic acids is 2. The molecule has 3 N–H and O–H groups in total. The first kappa shape index (κ1) is 82.1. The third-order valence-electron chi connectivity index (χ3n) is 17.9. The maximum absolute atomic E-state index is 12.5. The molecule has 0 aliphatic rings. The van der Waals surface area contributed by atoms with Crippen molar-refractivity contribution in [3.63, 3.8) is 0 Å². The van der Waals surface area contributed by atoms with Crippen molar-refractivity contribution in [1.29, 1.82) is 0 Å². The van der Waals surface area contributed by atoms with Crippen LogP contribution < -0.4 is 5.32 Å². The van der Waals surface area contributed by atoms with E-state index in [-0.39, 0.29) is 18.5 Å². The first-order valence-corrected chi connectivity index (χ1v) is 38.3. The van der Waals surface area contributed by atoms with Gasteiger partial charge in [-0.1, -0.05) is 365 Å². The van der Waals surface area contributed by atoms with Gasteiger partial charge in [0, 0.05) is 12.8 Å². The summed E-state index contributed by atoms with van der Waals surface area (Å²) in [5, 5.41) is 23.2. The van der Waals surface area contributed by atoms with Gasteiger partial charge in [0.15, 0.2) is 0 Å². The predicted molar refractivity (Wildman–Crippen MR) is 370 cm³/mol. The van der Waals surface area contributed by atoms with E-state index in [1.165, 1.54) is 353 Å². The standard InChI is InChI=1S/C78H149NO5/c1-3-5-7-9-11-13-15-17-19-43-46-50-54-58-62-66-70-76(81)75(74-80)79-77(82)71-67-63-59-55-51-47-44-41-39-37-35-33-31-29-27-25-23-21-20-22-24-26-28-30-32-34-36-38-40-42-45-49-53-57-61-65-69-73-84-78(83)72-68-64-60-56-52-48-18-16-14-12-10-8-6-4-2/h16,18,20,22,66,70,75-76,80-81H,3-15,17,19,21,23-65,67-69,71-74H2,1-2H3,(H,79,82)/b18-16-,22-20-,70-66+. The highest BCUT2D eigenvalue weighted by atomic mass is 16.5. The van der Waals surface area contributed by atoms with Crippen LogP contribution >= 0.6 is 0 Å². The maximum Gasteiger partial charge on any atom is 0.305 e. The smallest absolute Gasteiger partial charge is 0.305 e. The van der Waals surface area contributed by atoms with Crippen molar-refractivity contribution >= 4 is 11.9 Å². The Labute approximate surface area is 525 Å². The number of hydrogen-bond acceptors (Lipinski definition) is 5. The Morgan fingerprint density at radius 1 is 0.321 bits per heavy atom. The molecular formula is C78H149NO5. The molecule has 0 saturated heterocycles. The summed E-state index contributed by atoms with van der Waals surface area (Å²) in [4.78, 5) is 24.6. The molecule has 0 fully saturated rings. The van der Waals surface area contributed by atoms with Crippen LogP contribution in [0.15, 0.2) is 36.5 Å². The van der Waals surface area contributed by atoms with Crippen molar-refractivity contribution < 1.29 is 24.5 Å². The van der Waals surface area contributed by atoms with Crippen LogP contribution in [0.3, 0.4) is 0 Å². The van der Waals surface area contributed by atoms with E-state index in [0.29, 0.717) is 19.4 Å². The molecule has 0 aliphatic carbocycles. The predicted octanol–water partition coefficient (Wildman–Crippen LogP) is 25.0. The number of unbranched alkanes of at least 4 members (excludes halogenated alkanes) is 57. The number of hydrogen-bond donors (Lipinski definition) is 3. The first-order valence-electron chi connectivity index (χ1n) is 38.3. The van der Waals surface area contributed by atoms with Crippen LogP contribution in [0.25, 0.3) is 0 Å². The fourth-order valence-corrected chi connectivity index (χ4v) is 12.0. The lowest BCUT2D eigenvalue weighted by molar-refractivity contribution is -0.143. The van der Waals surface area contributed by atoms with Gasteiger partial charge in [-0.05, 0) is 83.5 Å². The molecule has 0 bridgehead atoms. The molecule has 0 rings (SSSR count). The van der Waals surface area contributed by atoms with E-state index < -0.39 is 12.1 Å². The Morgan fingerprint density at radius 3 is 0.845 bits per heavy atom.